The third-order valence-electron chi connectivity index (χ3n) is 3.85. The molecule has 0 saturated heterocycles. The van der Waals surface area contributed by atoms with Crippen molar-refractivity contribution >= 4 is 22.6 Å². The molecule has 0 unspecified atom stereocenters. The zero-order valence-electron chi connectivity index (χ0n) is 12.2. The van der Waals surface area contributed by atoms with Crippen LogP contribution in [0, 0.1) is 0 Å². The van der Waals surface area contributed by atoms with E-state index in [0.717, 1.165) is 17.9 Å². The predicted octanol–water partition coefficient (Wildman–Crippen LogP) is 3.70. The van der Waals surface area contributed by atoms with Crippen LogP contribution in [0.25, 0.3) is 5.57 Å². The van der Waals surface area contributed by atoms with Crippen molar-refractivity contribution in [2.24, 2.45) is 0 Å². The third kappa shape index (κ3) is 2.43. The van der Waals surface area contributed by atoms with E-state index >= 15 is 0 Å². The Morgan fingerprint density at radius 2 is 1.90 bits per heavy atom. The Morgan fingerprint density at radius 3 is 2.57 bits per heavy atom. The van der Waals surface area contributed by atoms with Crippen LogP contribution in [-0.2, 0) is 0 Å². The topological polar surface area (TPSA) is 27.3 Å². The van der Waals surface area contributed by atoms with Crippen LogP contribution in [0.2, 0.25) is 0 Å². The number of rotatable bonds is 0. The second kappa shape index (κ2) is 4.32. The predicted molar refractivity (Wildman–Crippen MR) is 79.9 cm³/mol. The molecule has 0 aromatic heterocycles. The molecule has 0 saturated carbocycles. The number of hydrogen-bond donors (Lipinski definition) is 2. The highest BCUT2D eigenvalue weighted by molar-refractivity contribution is 5.89. The lowest BCUT2D eigenvalue weighted by Gasteiger charge is -2.41. The Kier molecular flexibility index (Phi) is 2.90. The number of halogens is 3. The van der Waals surface area contributed by atoms with Gasteiger partial charge in [0.15, 0.2) is 0 Å². The Morgan fingerprint density at radius 1 is 1.19 bits per heavy atom. The van der Waals surface area contributed by atoms with Crippen molar-refractivity contribution in [3.05, 3.63) is 23.8 Å². The van der Waals surface area contributed by atoms with Crippen molar-refractivity contribution in [1.82, 2.24) is 0 Å². The number of hydrogen-bond acceptors (Lipinski definition) is 3. The maximum atomic E-state index is 13.1. The summed E-state index contributed by atoms with van der Waals surface area (Å²) < 4.78 is 39.4. The Labute approximate surface area is 121 Å². The van der Waals surface area contributed by atoms with Gasteiger partial charge in [-0.3, -0.25) is 0 Å². The molecule has 0 aliphatic carbocycles. The number of nitrogens with one attached hydrogen (secondary N) is 2. The van der Waals surface area contributed by atoms with E-state index in [1.54, 1.807) is 12.1 Å². The molecule has 6 heteroatoms. The smallest absolute Gasteiger partial charge is 0.381 e. The van der Waals surface area contributed by atoms with Crippen LogP contribution >= 0.6 is 0 Å². The average molecular weight is 297 g/mol. The molecule has 1 aromatic rings. The molecule has 21 heavy (non-hydrogen) atoms. The maximum absolute atomic E-state index is 13.1. The lowest BCUT2D eigenvalue weighted by Crippen LogP contribution is -2.47. The molecule has 1 aromatic carbocycles. The van der Waals surface area contributed by atoms with Gasteiger partial charge in [0, 0.05) is 36.9 Å². The minimum Gasteiger partial charge on any atom is -0.381 e. The summed E-state index contributed by atoms with van der Waals surface area (Å²) in [6.07, 6.45) is -3.13. The summed E-state index contributed by atoms with van der Waals surface area (Å²) in [5.74, 6) is 0. The van der Waals surface area contributed by atoms with Gasteiger partial charge in [-0.05, 0) is 26.0 Å². The number of alkyl halides is 3. The number of fused-ring (bicyclic) bond motifs is 2. The number of nitrogens with zero attached hydrogens (tertiary/aromatic N) is 1. The standard InChI is InChI=1S/C15H18F3N3/c1-14(2)8-21(3)13-6-9-10(15(16,17)18)4-5-19-11(9)7-12(13)20-14/h4,6-7,19-20H,5,8H2,1-3H3. The van der Waals surface area contributed by atoms with Gasteiger partial charge in [0.05, 0.1) is 16.9 Å². The monoisotopic (exact) mass is 297 g/mol. The first kappa shape index (κ1) is 14.1. The Bertz CT molecular complexity index is 617. The fourth-order valence-electron chi connectivity index (χ4n) is 3.10. The summed E-state index contributed by atoms with van der Waals surface area (Å²) in [7, 11) is 1.90. The van der Waals surface area contributed by atoms with Crippen molar-refractivity contribution < 1.29 is 13.2 Å². The van der Waals surface area contributed by atoms with Gasteiger partial charge in [-0.1, -0.05) is 6.08 Å². The van der Waals surface area contributed by atoms with Crippen molar-refractivity contribution in [1.29, 1.82) is 0 Å². The quantitative estimate of drug-likeness (QED) is 0.764. The molecule has 2 aliphatic rings. The van der Waals surface area contributed by atoms with Crippen molar-refractivity contribution in [2.75, 3.05) is 35.7 Å². The van der Waals surface area contributed by atoms with Crippen molar-refractivity contribution in [3.8, 4) is 0 Å². The average Bonchev–Trinajstić information content (AvgIpc) is 2.33. The Balaban J connectivity index is 2.12. The van der Waals surface area contributed by atoms with Gasteiger partial charge in [-0.15, -0.1) is 0 Å². The van der Waals surface area contributed by atoms with Crippen molar-refractivity contribution in [3.63, 3.8) is 0 Å². The minimum atomic E-state index is -4.33. The van der Waals surface area contributed by atoms with E-state index in [4.69, 9.17) is 0 Å². The Hall–Kier alpha value is -1.85. The normalized spacial score (nSPS) is 19.9. The maximum Gasteiger partial charge on any atom is 0.416 e. The third-order valence-corrected chi connectivity index (χ3v) is 3.85. The number of likely N-dealkylation sites (N-methyl/N-ethyl adjacent to an activating group) is 1. The highest BCUT2D eigenvalue weighted by Crippen LogP contribution is 2.45. The second-order valence-electron chi connectivity index (χ2n) is 6.28. The fourth-order valence-corrected chi connectivity index (χ4v) is 3.10. The van der Waals surface area contributed by atoms with Crippen LogP contribution in [-0.4, -0.2) is 31.9 Å². The van der Waals surface area contributed by atoms with Crippen LogP contribution < -0.4 is 15.5 Å². The summed E-state index contributed by atoms with van der Waals surface area (Å²) in [6.45, 7) is 5.07. The van der Waals surface area contributed by atoms with Gasteiger partial charge in [0.2, 0.25) is 0 Å². The summed E-state index contributed by atoms with van der Waals surface area (Å²) in [5, 5.41) is 6.41. The van der Waals surface area contributed by atoms with Gasteiger partial charge in [0.1, 0.15) is 0 Å². The molecule has 3 nitrogen and oxygen atoms in total. The highest BCUT2D eigenvalue weighted by atomic mass is 19.4. The fraction of sp³-hybridized carbons (Fsp3) is 0.467. The van der Waals surface area contributed by atoms with Gasteiger partial charge in [-0.2, -0.15) is 13.2 Å². The molecule has 3 rings (SSSR count). The van der Waals surface area contributed by atoms with Crippen LogP contribution in [0.5, 0.6) is 0 Å². The molecule has 2 aliphatic heterocycles. The van der Waals surface area contributed by atoms with E-state index in [-0.39, 0.29) is 17.6 Å². The van der Waals surface area contributed by atoms with E-state index in [2.05, 4.69) is 24.5 Å². The van der Waals surface area contributed by atoms with E-state index in [1.165, 1.54) is 6.08 Å². The molecule has 114 valence electrons. The SMILES string of the molecule is CN1CC(C)(C)Nc2cc3c(cc21)C(C(F)(F)F)=CCN3. The molecular weight excluding hydrogens is 279 g/mol. The van der Waals surface area contributed by atoms with Crippen molar-refractivity contribution in [2.45, 2.75) is 25.6 Å². The van der Waals surface area contributed by atoms with Crippen LogP contribution in [0.1, 0.15) is 19.4 Å². The summed E-state index contributed by atoms with van der Waals surface area (Å²) in [6, 6.07) is 3.40. The molecule has 0 atom stereocenters. The van der Waals surface area contributed by atoms with Gasteiger partial charge in [-0.25, -0.2) is 0 Å². The van der Waals surface area contributed by atoms with E-state index in [9.17, 15) is 13.2 Å². The summed E-state index contributed by atoms with van der Waals surface area (Å²) in [4.78, 5) is 1.99. The first-order valence-electron chi connectivity index (χ1n) is 6.86. The van der Waals surface area contributed by atoms with Crippen LogP contribution in [0.4, 0.5) is 30.2 Å². The lowest BCUT2D eigenvalue weighted by molar-refractivity contribution is -0.0690. The van der Waals surface area contributed by atoms with Gasteiger partial charge < -0.3 is 15.5 Å². The second-order valence-corrected chi connectivity index (χ2v) is 6.28. The largest absolute Gasteiger partial charge is 0.416 e. The van der Waals surface area contributed by atoms with E-state index in [0.29, 0.717) is 5.69 Å². The van der Waals surface area contributed by atoms with E-state index < -0.39 is 11.7 Å². The number of benzene rings is 1. The zero-order chi connectivity index (χ0) is 15.4. The van der Waals surface area contributed by atoms with Crippen LogP contribution in [0.15, 0.2) is 18.2 Å². The minimum absolute atomic E-state index is 0.118. The van der Waals surface area contributed by atoms with Gasteiger partial charge in [0.25, 0.3) is 0 Å². The molecule has 2 heterocycles. The summed E-state index contributed by atoms with van der Waals surface area (Å²) in [5.41, 5.74) is 1.74. The molecule has 2 N–H and O–H groups in total. The zero-order valence-corrected chi connectivity index (χ0v) is 12.2. The molecule has 0 spiro atoms. The lowest BCUT2D eigenvalue weighted by atomic mass is 9.94. The molecule has 0 bridgehead atoms. The van der Waals surface area contributed by atoms with E-state index in [1.807, 2.05) is 11.9 Å². The van der Waals surface area contributed by atoms with Gasteiger partial charge >= 0.3 is 6.18 Å². The number of allylic oxidation sites excluding steroid dienone is 1. The van der Waals surface area contributed by atoms with Crippen LogP contribution in [0.3, 0.4) is 0 Å². The molecule has 0 radical (unpaired) electrons. The first-order chi connectivity index (χ1) is 9.67. The molecule has 0 fully saturated rings. The highest BCUT2D eigenvalue weighted by Gasteiger charge is 2.38. The number of anilines is 3. The first-order valence-corrected chi connectivity index (χ1v) is 6.86. The molecular formula is C15H18F3N3. The summed E-state index contributed by atoms with van der Waals surface area (Å²) >= 11 is 0. The molecule has 0 amide bonds.